The zero-order valence-electron chi connectivity index (χ0n) is 10.5. The number of esters is 1. The Labute approximate surface area is 108 Å². The van der Waals surface area contributed by atoms with Crippen molar-refractivity contribution in [3.05, 3.63) is 54.1 Å². The fraction of sp³-hybridized carbons (Fsp3) is 0.200. The van der Waals surface area contributed by atoms with Gasteiger partial charge >= 0.3 is 5.97 Å². The van der Waals surface area contributed by atoms with Crippen LogP contribution in [0.4, 0.5) is 0 Å². The summed E-state index contributed by atoms with van der Waals surface area (Å²) in [5.74, 6) is -0.370. The molecule has 0 unspecified atom stereocenters. The lowest BCUT2D eigenvalue weighted by molar-refractivity contribution is -0.138. The van der Waals surface area contributed by atoms with E-state index in [1.54, 1.807) is 13.1 Å². The van der Waals surface area contributed by atoms with Crippen molar-refractivity contribution in [3.63, 3.8) is 0 Å². The topological polar surface area (TPSA) is 38.7 Å². The lowest BCUT2D eigenvalue weighted by Gasteiger charge is -2.00. The molecule has 0 aliphatic rings. The average molecular weight is 243 g/mol. The van der Waals surface area contributed by atoms with Crippen molar-refractivity contribution in [1.29, 1.82) is 0 Å². The Morgan fingerprint density at radius 2 is 2.11 bits per heavy atom. The van der Waals surface area contributed by atoms with Crippen LogP contribution in [0.2, 0.25) is 0 Å². The fourth-order valence-electron chi connectivity index (χ4n) is 1.17. The van der Waals surface area contributed by atoms with E-state index >= 15 is 0 Å². The molecule has 0 spiro atoms. The Hall–Kier alpha value is -2.16. The van der Waals surface area contributed by atoms with Gasteiger partial charge in [0.15, 0.2) is 0 Å². The molecular formula is C15H17NO2. The number of ether oxygens (including phenoxy) is 1. The molecule has 0 atom stereocenters. The van der Waals surface area contributed by atoms with E-state index < -0.39 is 0 Å². The quantitative estimate of drug-likeness (QED) is 0.333. The number of hydrogen-bond donors (Lipinski definition) is 0. The monoisotopic (exact) mass is 243 g/mol. The van der Waals surface area contributed by atoms with Crippen molar-refractivity contribution in [2.75, 3.05) is 13.2 Å². The first-order chi connectivity index (χ1) is 8.70. The van der Waals surface area contributed by atoms with Crippen LogP contribution in [0.15, 0.2) is 53.6 Å². The van der Waals surface area contributed by atoms with Crippen molar-refractivity contribution >= 4 is 18.3 Å². The molecule has 0 N–H and O–H groups in total. The summed E-state index contributed by atoms with van der Waals surface area (Å²) >= 11 is 0. The minimum absolute atomic E-state index is 0.279. The number of hydrogen-bond acceptors (Lipinski definition) is 3. The predicted molar refractivity (Wildman–Crippen MR) is 74.6 cm³/mol. The van der Waals surface area contributed by atoms with E-state index in [-0.39, 0.29) is 12.6 Å². The Balaban J connectivity index is 2.20. The maximum atomic E-state index is 11.0. The van der Waals surface area contributed by atoms with Crippen LogP contribution in [-0.2, 0) is 9.53 Å². The predicted octanol–water partition coefficient (Wildman–Crippen LogP) is 2.89. The maximum Gasteiger partial charge on any atom is 0.333 e. The number of nitrogens with zero attached hydrogens (tertiary/aromatic N) is 1. The normalized spacial score (nSPS) is 10.9. The van der Waals surface area contributed by atoms with Gasteiger partial charge in [-0.2, -0.15) is 0 Å². The Bertz CT molecular complexity index is 447. The van der Waals surface area contributed by atoms with E-state index in [1.807, 2.05) is 42.5 Å². The molecule has 18 heavy (non-hydrogen) atoms. The minimum Gasteiger partial charge on any atom is -0.460 e. The van der Waals surface area contributed by atoms with Crippen molar-refractivity contribution < 1.29 is 9.53 Å². The number of rotatable bonds is 6. The van der Waals surface area contributed by atoms with E-state index in [2.05, 4.69) is 11.6 Å². The van der Waals surface area contributed by atoms with Crippen molar-refractivity contribution in [3.8, 4) is 0 Å². The van der Waals surface area contributed by atoms with Crippen molar-refractivity contribution in [2.45, 2.75) is 6.92 Å². The van der Waals surface area contributed by atoms with Gasteiger partial charge in [0, 0.05) is 11.8 Å². The van der Waals surface area contributed by atoms with Gasteiger partial charge in [-0.15, -0.1) is 0 Å². The fourth-order valence-corrected chi connectivity index (χ4v) is 1.17. The summed E-state index contributed by atoms with van der Waals surface area (Å²) in [5.41, 5.74) is 1.53. The van der Waals surface area contributed by atoms with Gasteiger partial charge in [-0.25, -0.2) is 4.79 Å². The summed E-state index contributed by atoms with van der Waals surface area (Å²) < 4.78 is 4.89. The van der Waals surface area contributed by atoms with Gasteiger partial charge in [0.2, 0.25) is 0 Å². The van der Waals surface area contributed by atoms with Crippen LogP contribution in [0.25, 0.3) is 6.08 Å². The molecule has 1 aromatic carbocycles. The molecule has 0 aliphatic carbocycles. The van der Waals surface area contributed by atoms with Crippen molar-refractivity contribution in [2.24, 2.45) is 4.99 Å². The highest BCUT2D eigenvalue weighted by atomic mass is 16.5. The SMILES string of the molecule is C=C(C)C(=O)OCCN=C/C=C/c1ccccc1. The van der Waals surface area contributed by atoms with Gasteiger partial charge in [0.25, 0.3) is 0 Å². The average Bonchev–Trinajstić information content (AvgIpc) is 2.38. The lowest BCUT2D eigenvalue weighted by Crippen LogP contribution is -2.07. The van der Waals surface area contributed by atoms with Crippen LogP contribution < -0.4 is 0 Å². The van der Waals surface area contributed by atoms with Crippen LogP contribution in [0.1, 0.15) is 12.5 Å². The molecule has 0 saturated heterocycles. The maximum absolute atomic E-state index is 11.0. The molecule has 0 fully saturated rings. The molecule has 0 saturated carbocycles. The summed E-state index contributed by atoms with van der Waals surface area (Å²) in [5, 5.41) is 0. The summed E-state index contributed by atoms with van der Waals surface area (Å²) in [7, 11) is 0. The molecule has 3 nitrogen and oxygen atoms in total. The van der Waals surface area contributed by atoms with Gasteiger partial charge in [-0.05, 0) is 18.6 Å². The second-order valence-corrected chi connectivity index (χ2v) is 3.74. The first kappa shape index (κ1) is 13.9. The van der Waals surface area contributed by atoms with E-state index in [0.717, 1.165) is 5.56 Å². The highest BCUT2D eigenvalue weighted by Crippen LogP contribution is 1.99. The largest absolute Gasteiger partial charge is 0.460 e. The zero-order valence-corrected chi connectivity index (χ0v) is 10.5. The highest BCUT2D eigenvalue weighted by Gasteiger charge is 2.00. The second kappa shape index (κ2) is 8.01. The number of carbonyl (C=O) groups is 1. The molecule has 0 amide bonds. The summed E-state index contributed by atoms with van der Waals surface area (Å²) in [6.07, 6.45) is 5.51. The molecule has 1 aromatic rings. The van der Waals surface area contributed by atoms with Crippen LogP contribution in [0.5, 0.6) is 0 Å². The Kier molecular flexibility index (Phi) is 6.19. The second-order valence-electron chi connectivity index (χ2n) is 3.74. The molecule has 1 rings (SSSR count). The third kappa shape index (κ3) is 5.80. The summed E-state index contributed by atoms with van der Waals surface area (Å²) in [6, 6.07) is 9.96. The van der Waals surface area contributed by atoms with Gasteiger partial charge in [0.1, 0.15) is 6.61 Å². The molecule has 94 valence electrons. The Morgan fingerprint density at radius 1 is 1.39 bits per heavy atom. The first-order valence-electron chi connectivity index (χ1n) is 5.74. The minimum atomic E-state index is -0.370. The van der Waals surface area contributed by atoms with E-state index in [0.29, 0.717) is 12.1 Å². The zero-order chi connectivity index (χ0) is 13.2. The molecule has 0 aliphatic heterocycles. The molecule has 3 heteroatoms. The van der Waals surface area contributed by atoms with Crippen molar-refractivity contribution in [1.82, 2.24) is 0 Å². The van der Waals surface area contributed by atoms with Crippen LogP contribution in [-0.4, -0.2) is 25.3 Å². The number of aliphatic imine (C=N–C) groups is 1. The van der Waals surface area contributed by atoms with E-state index in [9.17, 15) is 4.79 Å². The molecular weight excluding hydrogens is 226 g/mol. The van der Waals surface area contributed by atoms with Crippen LogP contribution in [0.3, 0.4) is 0 Å². The molecule has 0 radical (unpaired) electrons. The summed E-state index contributed by atoms with van der Waals surface area (Å²) in [6.45, 7) is 5.85. The van der Waals surface area contributed by atoms with Gasteiger partial charge in [0.05, 0.1) is 6.54 Å². The first-order valence-corrected chi connectivity index (χ1v) is 5.74. The van der Waals surface area contributed by atoms with Gasteiger partial charge in [-0.1, -0.05) is 43.0 Å². The van der Waals surface area contributed by atoms with Gasteiger partial charge < -0.3 is 4.74 Å². The van der Waals surface area contributed by atoms with Crippen LogP contribution >= 0.6 is 0 Å². The standard InChI is InChI=1S/C15H17NO2/c1-13(2)15(17)18-12-11-16-10-6-9-14-7-4-3-5-8-14/h3-10H,1,11-12H2,2H3/b9-6+,16-10?. The highest BCUT2D eigenvalue weighted by molar-refractivity contribution is 5.86. The number of carbonyl (C=O) groups excluding carboxylic acids is 1. The Morgan fingerprint density at radius 3 is 2.78 bits per heavy atom. The smallest absolute Gasteiger partial charge is 0.333 e. The third-order valence-electron chi connectivity index (χ3n) is 2.08. The van der Waals surface area contributed by atoms with Gasteiger partial charge in [-0.3, -0.25) is 4.99 Å². The lowest BCUT2D eigenvalue weighted by atomic mass is 10.2. The number of benzene rings is 1. The van der Waals surface area contributed by atoms with Crippen LogP contribution in [0, 0.1) is 0 Å². The molecule has 0 aromatic heterocycles. The van der Waals surface area contributed by atoms with E-state index in [4.69, 9.17) is 4.74 Å². The molecule has 0 heterocycles. The third-order valence-corrected chi connectivity index (χ3v) is 2.08. The summed E-state index contributed by atoms with van der Waals surface area (Å²) in [4.78, 5) is 15.1. The molecule has 0 bridgehead atoms. The number of allylic oxidation sites excluding steroid dienone is 1. The van der Waals surface area contributed by atoms with E-state index in [1.165, 1.54) is 0 Å².